The Labute approximate surface area is 140 Å². The van der Waals surface area contributed by atoms with E-state index in [1.54, 1.807) is 0 Å². The summed E-state index contributed by atoms with van der Waals surface area (Å²) in [6, 6.07) is 12.5. The van der Waals surface area contributed by atoms with Gasteiger partial charge in [-0.2, -0.15) is 0 Å². The molecule has 0 bridgehead atoms. The van der Waals surface area contributed by atoms with Crippen molar-refractivity contribution in [3.8, 4) is 0 Å². The van der Waals surface area contributed by atoms with Crippen LogP contribution < -0.4 is 26.3 Å². The lowest BCUT2D eigenvalue weighted by Crippen LogP contribution is -3.61. The second-order valence-electron chi connectivity index (χ2n) is 3.07. The van der Waals surface area contributed by atoms with Crippen molar-refractivity contribution >= 4 is 52.1 Å². The molecule has 19 heavy (non-hydrogen) atoms. The third kappa shape index (κ3) is 7.37. The summed E-state index contributed by atoms with van der Waals surface area (Å²) in [7, 11) is 0. The first-order valence-corrected chi connectivity index (χ1v) is 9.20. The summed E-state index contributed by atoms with van der Waals surface area (Å²) in [5, 5.41) is 12.3. The Bertz CT molecular complexity index is 500. The zero-order valence-electron chi connectivity index (χ0n) is 9.36. The molecule has 102 valence electrons. The Kier molecular flexibility index (Phi) is 8.09. The van der Waals surface area contributed by atoms with Crippen LogP contribution in [0.4, 0.5) is 0 Å². The minimum absolute atomic E-state index is 0.0134. The van der Waals surface area contributed by atoms with Gasteiger partial charge < -0.3 is 9.90 Å². The second kappa shape index (κ2) is 9.02. The van der Waals surface area contributed by atoms with Gasteiger partial charge in [-0.1, -0.05) is 46.1 Å². The molecule has 7 heteroatoms. The number of carboxylic acids is 1. The van der Waals surface area contributed by atoms with E-state index in [0.29, 0.717) is 0 Å². The average molecular weight is 450 g/mol. The van der Waals surface area contributed by atoms with E-state index >= 15 is 0 Å². The molecule has 1 aromatic heterocycles. The summed E-state index contributed by atoms with van der Waals surface area (Å²) < 4.78 is 2.92. The molecule has 0 N–H and O–H groups in total. The topological polar surface area (TPSA) is 40.1 Å². The first kappa shape index (κ1) is 17.0. The van der Waals surface area contributed by atoms with Gasteiger partial charge in [0, 0.05) is 11.1 Å². The lowest BCUT2D eigenvalue weighted by atomic mass is 10.4. The molecular weight excluding hydrogens is 441 g/mol. The van der Waals surface area contributed by atoms with Gasteiger partial charge in [0.2, 0.25) is 2.88 Å². The molecule has 0 aliphatic rings. The molecule has 0 unspecified atom stereocenters. The van der Waals surface area contributed by atoms with Gasteiger partial charge in [-0.05, 0) is 35.7 Å². The lowest BCUT2D eigenvalue weighted by Gasteiger charge is -1.96. The van der Waals surface area contributed by atoms with Crippen molar-refractivity contribution in [2.75, 3.05) is 0 Å². The van der Waals surface area contributed by atoms with E-state index in [9.17, 15) is 9.90 Å². The Morgan fingerprint density at radius 3 is 2.21 bits per heavy atom. The number of aliphatic carboxylic acids is 1. The van der Waals surface area contributed by atoms with Crippen LogP contribution in [-0.2, 0) is 4.79 Å². The molecule has 0 fully saturated rings. The van der Waals surface area contributed by atoms with Gasteiger partial charge in [0.1, 0.15) is 4.84 Å². The molecule has 0 radical (unpaired) electrons. The Morgan fingerprint density at radius 2 is 1.79 bits per heavy atom. The summed E-state index contributed by atoms with van der Waals surface area (Å²) in [5.74, 6) is -1.46. The maximum Gasteiger partial charge on any atom is 0.369 e. The van der Waals surface area contributed by atoms with Gasteiger partial charge in [0.15, 0.2) is 3.57 Å². The molecule has 2 rings (SSSR count). The smallest absolute Gasteiger partial charge is 0.369 e. The zero-order chi connectivity index (χ0) is 14.3. The van der Waals surface area contributed by atoms with E-state index < -0.39 is 10.8 Å². The number of halogens is 4. The van der Waals surface area contributed by atoms with Crippen molar-refractivity contribution < 1.29 is 31.1 Å². The van der Waals surface area contributed by atoms with Crippen LogP contribution in [0.3, 0.4) is 0 Å². The van der Waals surface area contributed by atoms with Crippen LogP contribution in [0.1, 0.15) is 0 Å². The first-order chi connectivity index (χ1) is 8.99. The highest BCUT2D eigenvalue weighted by Crippen LogP contribution is 2.04. The van der Waals surface area contributed by atoms with E-state index in [1.807, 2.05) is 23.5 Å². The third-order valence-corrected chi connectivity index (χ3v) is 6.45. The molecule has 0 aliphatic heterocycles. The monoisotopic (exact) mass is 448 g/mol. The minimum Gasteiger partial charge on any atom is -0.547 e. The average Bonchev–Trinajstić information content (AvgIpc) is 2.85. The summed E-state index contributed by atoms with van der Waals surface area (Å²) in [4.78, 5) is 7.93. The van der Waals surface area contributed by atoms with Crippen molar-refractivity contribution in [3.63, 3.8) is 0 Å². The minimum atomic E-state index is -1.46. The van der Waals surface area contributed by atoms with E-state index in [-0.39, 0.29) is 21.2 Å². The molecule has 0 aliphatic carbocycles. The standard InChI is InChI=1S/C10H7ClIS.C2H2Cl2O2/c11-8-3-5-9(6-4-8)12-10-2-1-7-13-10;3-1(4)2(5)6/h1-7H;1H,(H,5,6)/q+1;/p-1. The van der Waals surface area contributed by atoms with Crippen molar-refractivity contribution in [1.82, 2.24) is 0 Å². The lowest BCUT2D eigenvalue weighted by molar-refractivity contribution is -0.591. The Balaban J connectivity index is 0.000000258. The van der Waals surface area contributed by atoms with Gasteiger partial charge in [0.25, 0.3) is 0 Å². The number of thiophene rings is 1. The fraction of sp³-hybridized carbons (Fsp3) is 0.0833. The first-order valence-electron chi connectivity index (χ1n) is 4.92. The molecule has 2 nitrogen and oxygen atoms in total. The number of benzene rings is 1. The fourth-order valence-corrected chi connectivity index (χ4v) is 4.67. The molecule has 0 saturated heterocycles. The van der Waals surface area contributed by atoms with Gasteiger partial charge in [0.05, 0.1) is 5.97 Å². The molecule has 0 atom stereocenters. The zero-order valence-corrected chi connectivity index (χ0v) is 14.6. The number of carbonyl (C=O) groups excluding carboxylic acids is 1. The number of hydrogen-bond acceptors (Lipinski definition) is 3. The van der Waals surface area contributed by atoms with Crippen LogP contribution in [0, 0.1) is 6.45 Å². The highest BCUT2D eigenvalue weighted by molar-refractivity contribution is 7.07. The van der Waals surface area contributed by atoms with E-state index in [1.165, 1.54) is 6.45 Å². The van der Waals surface area contributed by atoms with Crippen LogP contribution in [0.25, 0.3) is 0 Å². The predicted octanol–water partition coefficient (Wildman–Crippen LogP) is 0.0699. The normalized spacial score (nSPS) is 9.89. The Hall–Kier alpha value is -0.0100. The SMILES string of the molecule is Clc1ccc([I+]c2cccs2)cc1.O=C([O-])C(Cl)Cl. The Morgan fingerprint density at radius 1 is 1.21 bits per heavy atom. The fourth-order valence-electron chi connectivity index (χ4n) is 0.912. The highest BCUT2D eigenvalue weighted by atomic mass is 127. The van der Waals surface area contributed by atoms with Crippen molar-refractivity contribution in [3.05, 3.63) is 53.3 Å². The van der Waals surface area contributed by atoms with Gasteiger partial charge >= 0.3 is 21.2 Å². The third-order valence-electron chi connectivity index (χ3n) is 1.67. The van der Waals surface area contributed by atoms with Gasteiger partial charge in [-0.15, -0.1) is 0 Å². The summed E-state index contributed by atoms with van der Waals surface area (Å²) in [6.45, 7) is 0. The quantitative estimate of drug-likeness (QED) is 0.492. The van der Waals surface area contributed by atoms with Crippen molar-refractivity contribution in [2.24, 2.45) is 0 Å². The van der Waals surface area contributed by atoms with Crippen LogP contribution in [0.5, 0.6) is 0 Å². The van der Waals surface area contributed by atoms with Crippen LogP contribution in [0.2, 0.25) is 5.02 Å². The molecular formula is C12H8Cl3IO2S. The number of rotatable bonds is 3. The molecule has 0 spiro atoms. The largest absolute Gasteiger partial charge is 0.547 e. The van der Waals surface area contributed by atoms with Crippen LogP contribution >= 0.6 is 46.1 Å². The van der Waals surface area contributed by atoms with Gasteiger partial charge in [-0.25, -0.2) is 0 Å². The van der Waals surface area contributed by atoms with Crippen molar-refractivity contribution in [2.45, 2.75) is 4.84 Å². The number of carboxylic acid groups (broad SMARTS) is 1. The summed E-state index contributed by atoms with van der Waals surface area (Å²) in [5.41, 5.74) is 0. The predicted molar refractivity (Wildman–Crippen MR) is 73.7 cm³/mol. The van der Waals surface area contributed by atoms with Crippen LogP contribution in [-0.4, -0.2) is 10.8 Å². The maximum absolute atomic E-state index is 9.32. The summed E-state index contributed by atoms with van der Waals surface area (Å²) in [6.07, 6.45) is 0. The second-order valence-corrected chi connectivity index (χ2v) is 9.23. The number of hydrogen-bond donors (Lipinski definition) is 0. The van der Waals surface area contributed by atoms with E-state index in [0.717, 1.165) is 5.02 Å². The van der Waals surface area contributed by atoms with Crippen LogP contribution in [0.15, 0.2) is 41.8 Å². The number of carbonyl (C=O) groups is 1. The molecule has 1 aromatic carbocycles. The molecule has 0 saturated carbocycles. The van der Waals surface area contributed by atoms with Gasteiger partial charge in [-0.3, -0.25) is 0 Å². The number of alkyl halides is 2. The maximum atomic E-state index is 9.32. The van der Waals surface area contributed by atoms with E-state index in [4.69, 9.17) is 34.8 Å². The molecule has 1 heterocycles. The van der Waals surface area contributed by atoms with Crippen molar-refractivity contribution in [1.29, 1.82) is 0 Å². The highest BCUT2D eigenvalue weighted by Gasteiger charge is 2.15. The molecule has 0 amide bonds. The summed E-state index contributed by atoms with van der Waals surface area (Å²) >= 11 is 17.1. The van der Waals surface area contributed by atoms with E-state index in [2.05, 4.69) is 29.6 Å². The molecule has 2 aromatic rings.